The van der Waals surface area contributed by atoms with E-state index in [-0.39, 0.29) is 29.4 Å². The molecule has 6 heteroatoms. The molecule has 4 aliphatic rings. The summed E-state index contributed by atoms with van der Waals surface area (Å²) in [7, 11) is 0. The van der Waals surface area contributed by atoms with Crippen LogP contribution in [0, 0.1) is 29.1 Å². The van der Waals surface area contributed by atoms with E-state index in [0.717, 1.165) is 77.0 Å². The number of nitrogens with two attached hydrogens (primary N) is 1. The highest BCUT2D eigenvalue weighted by Gasteiger charge is 2.47. The Morgan fingerprint density at radius 3 is 2.25 bits per heavy atom. The van der Waals surface area contributed by atoms with Crippen LogP contribution in [0.4, 0.5) is 4.79 Å². The Morgan fingerprint density at radius 1 is 0.972 bits per heavy atom. The van der Waals surface area contributed by atoms with Crippen LogP contribution in [-0.2, 0) is 11.2 Å². The highest BCUT2D eigenvalue weighted by Crippen LogP contribution is 2.50. The molecular weight excluding hydrogens is 450 g/mol. The quantitative estimate of drug-likeness (QED) is 0.626. The molecule has 5 rings (SSSR count). The third-order valence-corrected chi connectivity index (χ3v) is 9.33. The number of carbonyl (C=O) groups excluding carboxylic acids is 2. The van der Waals surface area contributed by atoms with Gasteiger partial charge < -0.3 is 20.6 Å². The molecule has 2 saturated carbocycles. The monoisotopic (exact) mass is 497 g/mol. The van der Waals surface area contributed by atoms with Crippen LogP contribution in [0.25, 0.3) is 0 Å². The molecule has 3 N–H and O–H groups in total. The Hall–Kier alpha value is -2.08. The molecule has 5 atom stereocenters. The van der Waals surface area contributed by atoms with Crippen LogP contribution in [-0.4, -0.2) is 59.1 Å². The fraction of sp³-hybridized carbons (Fsp3) is 0.733. The summed E-state index contributed by atoms with van der Waals surface area (Å²) < 4.78 is 0. The van der Waals surface area contributed by atoms with Gasteiger partial charge in [0, 0.05) is 31.6 Å². The largest absolute Gasteiger partial charge is 0.393 e. The Bertz CT molecular complexity index is 861. The minimum absolute atomic E-state index is 0.195. The zero-order valence-corrected chi connectivity index (χ0v) is 22.4. The predicted octanol–water partition coefficient (Wildman–Crippen LogP) is 4.84. The van der Waals surface area contributed by atoms with Gasteiger partial charge in [0.05, 0.1) is 6.10 Å². The lowest BCUT2D eigenvalue weighted by Gasteiger charge is -2.48. The van der Waals surface area contributed by atoms with Gasteiger partial charge >= 0.3 is 6.03 Å². The average Bonchev–Trinajstić information content (AvgIpc) is 2.89. The van der Waals surface area contributed by atoms with Gasteiger partial charge in [-0.15, -0.1) is 0 Å². The average molecular weight is 498 g/mol. The van der Waals surface area contributed by atoms with E-state index in [1.165, 1.54) is 24.8 Å². The first-order valence-corrected chi connectivity index (χ1v) is 14.3. The molecule has 200 valence electrons. The summed E-state index contributed by atoms with van der Waals surface area (Å²) in [4.78, 5) is 28.0. The Labute approximate surface area is 217 Å². The number of piperidine rings is 2. The number of nitrogens with zero attached hydrogens (tertiary/aromatic N) is 2. The topological polar surface area (TPSA) is 86.9 Å². The summed E-state index contributed by atoms with van der Waals surface area (Å²) in [5.74, 6) is 1.78. The lowest BCUT2D eigenvalue weighted by Crippen LogP contribution is -2.48. The maximum atomic E-state index is 12.5. The first-order chi connectivity index (χ1) is 17.2. The number of amides is 3. The number of urea groups is 1. The van der Waals surface area contributed by atoms with Crippen molar-refractivity contribution < 1.29 is 14.7 Å². The number of fused-ring (bicyclic) bond motifs is 2. The Balaban J connectivity index is 0.000000179. The summed E-state index contributed by atoms with van der Waals surface area (Å²) >= 11 is 0. The van der Waals surface area contributed by atoms with Crippen molar-refractivity contribution in [3.8, 4) is 0 Å². The van der Waals surface area contributed by atoms with Gasteiger partial charge in [-0.05, 0) is 93.4 Å². The fourth-order valence-electron chi connectivity index (χ4n) is 7.23. The van der Waals surface area contributed by atoms with E-state index in [4.69, 9.17) is 5.73 Å². The first kappa shape index (κ1) is 27.0. The van der Waals surface area contributed by atoms with Gasteiger partial charge in [0.25, 0.3) is 0 Å². The number of carbonyl (C=O) groups is 2. The van der Waals surface area contributed by atoms with Gasteiger partial charge in [0.1, 0.15) is 0 Å². The summed E-state index contributed by atoms with van der Waals surface area (Å²) in [6.45, 7) is 7.86. The lowest BCUT2D eigenvalue weighted by molar-refractivity contribution is -0.135. The van der Waals surface area contributed by atoms with E-state index in [1.54, 1.807) is 0 Å². The molecule has 2 bridgehead atoms. The van der Waals surface area contributed by atoms with Gasteiger partial charge in [-0.25, -0.2) is 4.79 Å². The van der Waals surface area contributed by atoms with Crippen LogP contribution >= 0.6 is 0 Å². The highest BCUT2D eigenvalue weighted by atomic mass is 16.3. The van der Waals surface area contributed by atoms with Crippen molar-refractivity contribution in [2.24, 2.45) is 34.8 Å². The molecule has 5 unspecified atom stereocenters. The molecule has 2 heterocycles. The van der Waals surface area contributed by atoms with E-state index in [9.17, 15) is 14.7 Å². The Morgan fingerprint density at radius 2 is 1.61 bits per heavy atom. The number of rotatable bonds is 3. The van der Waals surface area contributed by atoms with Crippen molar-refractivity contribution in [2.45, 2.75) is 84.2 Å². The van der Waals surface area contributed by atoms with Crippen LogP contribution in [0.5, 0.6) is 0 Å². The number of hydrogen-bond acceptors (Lipinski definition) is 3. The SMILES string of the molecule is CC1CC2CC(CC(C)(C(N)=O)C2)C1O.O=C(N1CCCCC1)N1CCC(Cc2ccccc2)CC1. The zero-order chi connectivity index (χ0) is 25.7. The molecule has 2 saturated heterocycles. The standard InChI is InChI=1S/C18H26N2O.C12H21NO2/c21-18(19-11-5-2-6-12-19)20-13-9-17(10-14-20)15-16-7-3-1-4-8-16;1-7-3-8-4-9(10(7)14)6-12(2,5-8)11(13)15/h1,3-4,7-8,17H,2,5-6,9-15H2;7-10,14H,3-6H2,1-2H3,(H2,13,15). The van der Waals surface area contributed by atoms with Crippen LogP contribution < -0.4 is 5.73 Å². The van der Waals surface area contributed by atoms with E-state index in [2.05, 4.69) is 47.1 Å². The molecule has 1 aromatic carbocycles. The van der Waals surface area contributed by atoms with Gasteiger partial charge in [-0.2, -0.15) is 0 Å². The van der Waals surface area contributed by atoms with Gasteiger partial charge in [0.2, 0.25) is 5.91 Å². The molecule has 3 amide bonds. The van der Waals surface area contributed by atoms with E-state index >= 15 is 0 Å². The summed E-state index contributed by atoms with van der Waals surface area (Å²) in [5.41, 5.74) is 6.51. The third kappa shape index (κ3) is 6.62. The molecule has 36 heavy (non-hydrogen) atoms. The summed E-state index contributed by atoms with van der Waals surface area (Å²) in [6, 6.07) is 11.0. The van der Waals surface area contributed by atoms with Crippen molar-refractivity contribution >= 4 is 11.9 Å². The maximum Gasteiger partial charge on any atom is 0.319 e. The number of benzene rings is 1. The van der Waals surface area contributed by atoms with Gasteiger partial charge in [0.15, 0.2) is 0 Å². The first-order valence-electron chi connectivity index (χ1n) is 14.3. The zero-order valence-electron chi connectivity index (χ0n) is 22.4. The maximum absolute atomic E-state index is 12.5. The number of hydrogen-bond donors (Lipinski definition) is 2. The fourth-order valence-corrected chi connectivity index (χ4v) is 7.23. The van der Waals surface area contributed by atoms with Crippen LogP contribution in [0.3, 0.4) is 0 Å². The molecule has 2 aliphatic carbocycles. The molecular formula is C30H47N3O3. The minimum Gasteiger partial charge on any atom is -0.393 e. The Kier molecular flexibility index (Phi) is 8.97. The smallest absolute Gasteiger partial charge is 0.319 e. The highest BCUT2D eigenvalue weighted by molar-refractivity contribution is 5.80. The van der Waals surface area contributed by atoms with Crippen LogP contribution in [0.2, 0.25) is 0 Å². The lowest BCUT2D eigenvalue weighted by atomic mass is 9.58. The number of aliphatic hydroxyl groups is 1. The third-order valence-electron chi connectivity index (χ3n) is 9.33. The van der Waals surface area contributed by atoms with Gasteiger partial charge in [-0.3, -0.25) is 4.79 Å². The molecule has 6 nitrogen and oxygen atoms in total. The molecule has 4 fully saturated rings. The number of likely N-dealkylation sites (tertiary alicyclic amines) is 2. The normalized spacial score (nSPS) is 32.9. The van der Waals surface area contributed by atoms with Crippen molar-refractivity contribution in [2.75, 3.05) is 26.2 Å². The minimum atomic E-state index is -0.380. The molecule has 0 aromatic heterocycles. The van der Waals surface area contributed by atoms with Gasteiger partial charge in [-0.1, -0.05) is 44.2 Å². The van der Waals surface area contributed by atoms with E-state index in [0.29, 0.717) is 11.8 Å². The second-order valence-corrected chi connectivity index (χ2v) is 12.3. The van der Waals surface area contributed by atoms with Crippen LogP contribution in [0.1, 0.15) is 77.2 Å². The van der Waals surface area contributed by atoms with E-state index in [1.807, 2.05) is 6.92 Å². The van der Waals surface area contributed by atoms with E-state index < -0.39 is 0 Å². The number of primary amides is 1. The molecule has 1 aromatic rings. The molecule has 2 aliphatic heterocycles. The second-order valence-electron chi connectivity index (χ2n) is 12.3. The summed E-state index contributed by atoms with van der Waals surface area (Å²) in [6.07, 6.45) is 10.7. The predicted molar refractivity (Wildman–Crippen MR) is 143 cm³/mol. The summed E-state index contributed by atoms with van der Waals surface area (Å²) in [5, 5.41) is 10.1. The van der Waals surface area contributed by atoms with Crippen molar-refractivity contribution in [1.29, 1.82) is 0 Å². The van der Waals surface area contributed by atoms with Crippen molar-refractivity contribution in [3.63, 3.8) is 0 Å². The second kappa shape index (κ2) is 12.0. The molecule has 0 radical (unpaired) electrons. The van der Waals surface area contributed by atoms with Crippen molar-refractivity contribution in [3.05, 3.63) is 35.9 Å². The van der Waals surface area contributed by atoms with Crippen molar-refractivity contribution in [1.82, 2.24) is 9.80 Å². The molecule has 0 spiro atoms. The van der Waals surface area contributed by atoms with Crippen LogP contribution in [0.15, 0.2) is 30.3 Å². The number of aliphatic hydroxyl groups excluding tert-OH is 1.